The van der Waals surface area contributed by atoms with Gasteiger partial charge in [0.1, 0.15) is 0 Å². The van der Waals surface area contributed by atoms with Crippen molar-refractivity contribution in [3.8, 4) is 11.1 Å². The number of aliphatic carboxylic acids is 1. The highest BCUT2D eigenvalue weighted by atomic mass is 16.4. The molecule has 0 aliphatic rings. The lowest BCUT2D eigenvalue weighted by Gasteiger charge is -2.14. The third-order valence-electron chi connectivity index (χ3n) is 8.78. The topological polar surface area (TPSA) is 37.3 Å². The Labute approximate surface area is 267 Å². The number of rotatable bonds is 27. The molecule has 0 aliphatic heterocycles. The number of unbranched alkanes of at least 4 members (excludes halogenated alkanes) is 20. The predicted octanol–water partition coefficient (Wildman–Crippen LogP) is 13.8. The van der Waals surface area contributed by atoms with Gasteiger partial charge in [-0.1, -0.05) is 216 Å². The van der Waals surface area contributed by atoms with E-state index in [4.69, 9.17) is 0 Å². The maximum Gasteiger partial charge on any atom is 0.303 e. The first-order valence-corrected chi connectivity index (χ1v) is 18.5. The van der Waals surface area contributed by atoms with Crippen molar-refractivity contribution >= 4 is 5.97 Å². The van der Waals surface area contributed by atoms with Gasteiger partial charge in [0.25, 0.3) is 0 Å². The van der Waals surface area contributed by atoms with E-state index >= 15 is 0 Å². The summed E-state index contributed by atoms with van der Waals surface area (Å²) in [7, 11) is 0. The van der Waals surface area contributed by atoms with Crippen LogP contribution in [0.1, 0.15) is 174 Å². The van der Waals surface area contributed by atoms with Crippen LogP contribution in [0.15, 0.2) is 60.7 Å². The molecule has 2 nitrogen and oxygen atoms in total. The number of hydrogen-bond donors (Lipinski definition) is 1. The highest BCUT2D eigenvalue weighted by Crippen LogP contribution is 2.23. The van der Waals surface area contributed by atoms with Crippen molar-refractivity contribution in [1.29, 1.82) is 0 Å². The van der Waals surface area contributed by atoms with Gasteiger partial charge in [-0.3, -0.25) is 4.79 Å². The molecular weight excluding hydrogens is 524 g/mol. The van der Waals surface area contributed by atoms with Crippen molar-refractivity contribution in [2.45, 2.75) is 174 Å². The van der Waals surface area contributed by atoms with Crippen LogP contribution in [0.3, 0.4) is 0 Å². The second-order valence-electron chi connectivity index (χ2n) is 12.8. The number of carboxylic acid groups (broad SMARTS) is 1. The Hall–Kier alpha value is -2.09. The van der Waals surface area contributed by atoms with E-state index in [9.17, 15) is 9.90 Å². The van der Waals surface area contributed by atoms with E-state index in [1.165, 1.54) is 152 Å². The molecule has 0 aromatic heterocycles. The zero-order valence-corrected chi connectivity index (χ0v) is 28.4. The Kier molecular flexibility index (Phi) is 27.1. The number of carbonyl (C=O) groups is 1. The van der Waals surface area contributed by atoms with Crippen LogP contribution in [-0.2, 0) is 4.79 Å². The SMILES string of the molecule is CCCCCCCCCCCCCCC(CCCCCCCCCCCC)CC(=O)O.c1ccc(-c2ccccc2)cc1. The minimum Gasteiger partial charge on any atom is -0.481 e. The first kappa shape index (κ1) is 38.9. The molecule has 0 saturated heterocycles. The van der Waals surface area contributed by atoms with Gasteiger partial charge in [0.2, 0.25) is 0 Å². The van der Waals surface area contributed by atoms with Crippen molar-refractivity contribution in [3.05, 3.63) is 60.7 Å². The molecular formula is C41H68O2. The van der Waals surface area contributed by atoms with Crippen LogP contribution in [0.25, 0.3) is 11.1 Å². The maximum atomic E-state index is 11.2. The van der Waals surface area contributed by atoms with Crippen LogP contribution < -0.4 is 0 Å². The van der Waals surface area contributed by atoms with Gasteiger partial charge >= 0.3 is 5.97 Å². The third-order valence-corrected chi connectivity index (χ3v) is 8.78. The highest BCUT2D eigenvalue weighted by molar-refractivity contribution is 5.67. The molecule has 1 atom stereocenters. The first-order chi connectivity index (χ1) is 21.2. The third kappa shape index (κ3) is 25.0. The van der Waals surface area contributed by atoms with Crippen LogP contribution in [0.4, 0.5) is 0 Å². The van der Waals surface area contributed by atoms with Crippen LogP contribution in [0.5, 0.6) is 0 Å². The summed E-state index contributed by atoms with van der Waals surface area (Å²) in [6, 6.07) is 20.8. The zero-order chi connectivity index (χ0) is 31.1. The summed E-state index contributed by atoms with van der Waals surface area (Å²) in [6.07, 6.45) is 32.7. The number of hydrogen-bond acceptors (Lipinski definition) is 1. The summed E-state index contributed by atoms with van der Waals surface area (Å²) in [6.45, 7) is 4.55. The Balaban J connectivity index is 0.000000628. The van der Waals surface area contributed by atoms with Gasteiger partial charge in [0.15, 0.2) is 0 Å². The fourth-order valence-electron chi connectivity index (χ4n) is 6.05. The predicted molar refractivity (Wildman–Crippen MR) is 190 cm³/mol. The summed E-state index contributed by atoms with van der Waals surface area (Å²) in [5.41, 5.74) is 2.55. The Bertz CT molecular complexity index is 794. The van der Waals surface area contributed by atoms with Crippen molar-refractivity contribution in [2.24, 2.45) is 5.92 Å². The minimum absolute atomic E-state index is 0.384. The van der Waals surface area contributed by atoms with Crippen LogP contribution in [0.2, 0.25) is 0 Å². The largest absolute Gasteiger partial charge is 0.481 e. The second-order valence-corrected chi connectivity index (χ2v) is 12.8. The van der Waals surface area contributed by atoms with Gasteiger partial charge in [0.05, 0.1) is 0 Å². The summed E-state index contributed by atoms with van der Waals surface area (Å²) in [5, 5.41) is 9.24. The lowest BCUT2D eigenvalue weighted by molar-refractivity contribution is -0.138. The van der Waals surface area contributed by atoms with Gasteiger partial charge < -0.3 is 5.11 Å². The Morgan fingerprint density at radius 3 is 1.02 bits per heavy atom. The Morgan fingerprint density at radius 1 is 0.465 bits per heavy atom. The van der Waals surface area contributed by atoms with Gasteiger partial charge in [-0.2, -0.15) is 0 Å². The second kappa shape index (κ2) is 30.0. The van der Waals surface area contributed by atoms with Gasteiger partial charge in [-0.05, 0) is 29.9 Å². The number of benzene rings is 2. The zero-order valence-electron chi connectivity index (χ0n) is 28.4. The highest BCUT2D eigenvalue weighted by Gasteiger charge is 2.12. The normalized spacial score (nSPS) is 11.6. The van der Waals surface area contributed by atoms with E-state index in [2.05, 4.69) is 62.4 Å². The molecule has 244 valence electrons. The molecule has 2 rings (SSSR count). The number of carboxylic acids is 1. The maximum absolute atomic E-state index is 11.2. The smallest absolute Gasteiger partial charge is 0.303 e. The van der Waals surface area contributed by atoms with Crippen molar-refractivity contribution < 1.29 is 9.90 Å². The molecule has 2 heteroatoms. The molecule has 0 fully saturated rings. The fourth-order valence-corrected chi connectivity index (χ4v) is 6.05. The van der Waals surface area contributed by atoms with Gasteiger partial charge in [-0.25, -0.2) is 0 Å². The van der Waals surface area contributed by atoms with E-state index in [1.807, 2.05) is 12.1 Å². The van der Waals surface area contributed by atoms with Gasteiger partial charge in [0, 0.05) is 6.42 Å². The van der Waals surface area contributed by atoms with E-state index in [-0.39, 0.29) is 0 Å². The summed E-state index contributed by atoms with van der Waals surface area (Å²) in [5.74, 6) is -0.189. The van der Waals surface area contributed by atoms with Crippen LogP contribution in [0, 0.1) is 5.92 Å². The van der Waals surface area contributed by atoms with Gasteiger partial charge in [-0.15, -0.1) is 0 Å². The molecule has 0 spiro atoms. The molecule has 43 heavy (non-hydrogen) atoms. The molecule has 0 aliphatic carbocycles. The monoisotopic (exact) mass is 593 g/mol. The summed E-state index contributed by atoms with van der Waals surface area (Å²) in [4.78, 5) is 11.2. The average molecular weight is 593 g/mol. The van der Waals surface area contributed by atoms with Crippen molar-refractivity contribution in [2.75, 3.05) is 0 Å². The molecule has 0 bridgehead atoms. The summed E-state index contributed by atoms with van der Waals surface area (Å²) < 4.78 is 0. The van der Waals surface area contributed by atoms with Crippen LogP contribution >= 0.6 is 0 Å². The quantitative estimate of drug-likeness (QED) is 0.105. The molecule has 0 radical (unpaired) electrons. The van der Waals surface area contributed by atoms with E-state index in [1.54, 1.807) is 0 Å². The molecule has 0 heterocycles. The summed E-state index contributed by atoms with van der Waals surface area (Å²) >= 11 is 0. The fraction of sp³-hybridized carbons (Fsp3) is 0.683. The van der Waals surface area contributed by atoms with Crippen molar-refractivity contribution in [3.63, 3.8) is 0 Å². The lowest BCUT2D eigenvalue weighted by Crippen LogP contribution is -2.08. The molecule has 2 aromatic rings. The molecule has 2 aromatic carbocycles. The van der Waals surface area contributed by atoms with Crippen LogP contribution in [-0.4, -0.2) is 11.1 Å². The standard InChI is InChI=1S/C29H58O2.C12H10/c1-3-5-7-9-11-13-15-16-18-20-22-24-26-28(27-29(30)31)25-23-21-19-17-14-12-10-8-6-4-2;1-3-7-11(8-4-1)12-9-5-2-6-10-12/h28H,3-27H2,1-2H3,(H,30,31);1-10H. The molecule has 1 unspecified atom stereocenters. The lowest BCUT2D eigenvalue weighted by atomic mass is 9.91. The molecule has 1 N–H and O–H groups in total. The van der Waals surface area contributed by atoms with E-state index < -0.39 is 5.97 Å². The van der Waals surface area contributed by atoms with E-state index in [0.717, 1.165) is 12.8 Å². The molecule has 0 saturated carbocycles. The van der Waals surface area contributed by atoms with E-state index in [0.29, 0.717) is 12.3 Å². The minimum atomic E-state index is -0.601. The molecule has 0 amide bonds. The Morgan fingerprint density at radius 2 is 0.744 bits per heavy atom. The first-order valence-electron chi connectivity index (χ1n) is 18.5. The average Bonchev–Trinajstić information content (AvgIpc) is 3.03. The van der Waals surface area contributed by atoms with Crippen molar-refractivity contribution in [1.82, 2.24) is 0 Å².